The molecule has 24 heavy (non-hydrogen) atoms. The van der Waals surface area contributed by atoms with Crippen LogP contribution in [-0.2, 0) is 17.7 Å². The van der Waals surface area contributed by atoms with Crippen LogP contribution in [0.25, 0.3) is 0 Å². The number of carbonyl (C=O) groups is 1. The van der Waals surface area contributed by atoms with Crippen molar-refractivity contribution >= 4 is 17.1 Å². The molecule has 1 aliphatic heterocycles. The number of Topliss-reactive ketones (excluding diaryl/α,β-unsaturated/α-hetero) is 1. The van der Waals surface area contributed by atoms with E-state index in [1.165, 1.54) is 16.9 Å². The molecule has 0 saturated carbocycles. The van der Waals surface area contributed by atoms with Gasteiger partial charge in [-0.15, -0.1) is 11.3 Å². The molecular weight excluding hydrogens is 320 g/mol. The Labute approximate surface area is 146 Å². The van der Waals surface area contributed by atoms with Gasteiger partial charge in [0.25, 0.3) is 0 Å². The summed E-state index contributed by atoms with van der Waals surface area (Å²) >= 11 is 1.50. The van der Waals surface area contributed by atoms with E-state index in [0.717, 1.165) is 23.5 Å². The van der Waals surface area contributed by atoms with Gasteiger partial charge in [0, 0.05) is 25.6 Å². The first-order valence-electron chi connectivity index (χ1n) is 8.09. The number of morpholine rings is 1. The molecule has 0 N–H and O–H groups in total. The number of ketones is 1. The highest BCUT2D eigenvalue weighted by Gasteiger charge is 2.26. The molecular formula is C19H20N2O2S. The lowest BCUT2D eigenvalue weighted by Crippen LogP contribution is -2.45. The second-order valence-corrected chi connectivity index (χ2v) is 6.90. The zero-order chi connectivity index (χ0) is 16.8. The lowest BCUT2D eigenvalue weighted by Gasteiger charge is -2.35. The van der Waals surface area contributed by atoms with Gasteiger partial charge in [-0.25, -0.2) is 0 Å². The number of nitriles is 1. The summed E-state index contributed by atoms with van der Waals surface area (Å²) in [4.78, 5) is 15.5. The Morgan fingerprint density at radius 2 is 2.08 bits per heavy atom. The lowest BCUT2D eigenvalue weighted by atomic mass is 10.0. The van der Waals surface area contributed by atoms with Crippen LogP contribution < -0.4 is 0 Å². The van der Waals surface area contributed by atoms with Gasteiger partial charge < -0.3 is 4.74 Å². The molecule has 2 aromatic rings. The molecule has 0 radical (unpaired) electrons. The molecule has 3 rings (SSSR count). The van der Waals surface area contributed by atoms with Crippen LogP contribution in [-0.4, -0.2) is 36.5 Å². The minimum absolute atomic E-state index is 0.118. The average Bonchev–Trinajstić information content (AvgIpc) is 3.13. The quantitative estimate of drug-likeness (QED) is 0.757. The van der Waals surface area contributed by atoms with E-state index in [4.69, 9.17) is 10.00 Å². The number of ether oxygens (including phenoxy) is 1. The summed E-state index contributed by atoms with van der Waals surface area (Å²) in [6.45, 7) is 2.95. The zero-order valence-electron chi connectivity index (χ0n) is 13.5. The van der Waals surface area contributed by atoms with Crippen molar-refractivity contribution in [3.8, 4) is 6.07 Å². The van der Waals surface area contributed by atoms with E-state index in [9.17, 15) is 4.79 Å². The molecule has 0 aliphatic carbocycles. The van der Waals surface area contributed by atoms with E-state index >= 15 is 0 Å². The predicted octanol–water partition coefficient (Wildman–Crippen LogP) is 3.29. The van der Waals surface area contributed by atoms with Crippen LogP contribution in [0.3, 0.4) is 0 Å². The average molecular weight is 340 g/mol. The Morgan fingerprint density at radius 3 is 2.79 bits per heavy atom. The maximum atomic E-state index is 12.4. The van der Waals surface area contributed by atoms with Gasteiger partial charge in [-0.05, 0) is 22.6 Å². The molecule has 0 bridgehead atoms. The highest BCUT2D eigenvalue weighted by atomic mass is 32.1. The fraction of sp³-hybridized carbons (Fsp3) is 0.368. The molecule has 1 fully saturated rings. The van der Waals surface area contributed by atoms with E-state index in [2.05, 4.69) is 23.1 Å². The number of hydrogen-bond donors (Lipinski definition) is 0. The third kappa shape index (κ3) is 4.30. The van der Waals surface area contributed by atoms with Gasteiger partial charge in [-0.2, -0.15) is 5.26 Å². The van der Waals surface area contributed by atoms with Gasteiger partial charge in [-0.1, -0.05) is 30.3 Å². The molecule has 124 valence electrons. The maximum Gasteiger partial charge on any atom is 0.174 e. The molecule has 2 heterocycles. The largest absolute Gasteiger partial charge is 0.378 e. The van der Waals surface area contributed by atoms with Gasteiger partial charge in [0.15, 0.2) is 5.78 Å². The van der Waals surface area contributed by atoms with E-state index in [0.29, 0.717) is 26.1 Å². The second-order valence-electron chi connectivity index (χ2n) is 5.96. The van der Waals surface area contributed by atoms with Gasteiger partial charge in [0.05, 0.1) is 30.6 Å². The van der Waals surface area contributed by atoms with Crippen molar-refractivity contribution in [1.29, 1.82) is 5.26 Å². The van der Waals surface area contributed by atoms with Crippen molar-refractivity contribution < 1.29 is 9.53 Å². The fourth-order valence-corrected chi connectivity index (χ4v) is 3.60. The predicted molar refractivity (Wildman–Crippen MR) is 94.0 cm³/mol. The number of hydrogen-bond acceptors (Lipinski definition) is 5. The lowest BCUT2D eigenvalue weighted by molar-refractivity contribution is -0.0125. The Kier molecular flexibility index (Phi) is 5.76. The molecule has 1 aromatic carbocycles. The number of thiophene rings is 1. The number of nitrogens with zero attached hydrogens (tertiary/aromatic N) is 2. The van der Waals surface area contributed by atoms with Crippen molar-refractivity contribution in [3.05, 3.63) is 57.8 Å². The number of benzene rings is 1. The van der Waals surface area contributed by atoms with Gasteiger partial charge in [0.2, 0.25) is 0 Å². The first-order chi connectivity index (χ1) is 11.8. The van der Waals surface area contributed by atoms with Crippen LogP contribution in [0.2, 0.25) is 0 Å². The Hall–Kier alpha value is -2.00. The molecule has 1 aliphatic rings. The smallest absolute Gasteiger partial charge is 0.174 e. The van der Waals surface area contributed by atoms with Crippen LogP contribution in [0.5, 0.6) is 0 Å². The zero-order valence-corrected chi connectivity index (χ0v) is 14.3. The SMILES string of the molecule is N#CCc1ccc(CN2CCOC[C@@H]2CC(=O)c2cccs2)cc1. The molecule has 4 nitrogen and oxygen atoms in total. The summed E-state index contributed by atoms with van der Waals surface area (Å²) in [5, 5.41) is 10.7. The van der Waals surface area contributed by atoms with E-state index in [-0.39, 0.29) is 11.8 Å². The van der Waals surface area contributed by atoms with Crippen molar-refractivity contribution in [2.75, 3.05) is 19.8 Å². The third-order valence-corrected chi connectivity index (χ3v) is 5.17. The normalized spacial score (nSPS) is 18.2. The van der Waals surface area contributed by atoms with Gasteiger partial charge in [-0.3, -0.25) is 9.69 Å². The summed E-state index contributed by atoms with van der Waals surface area (Å²) in [6.07, 6.45) is 0.933. The van der Waals surface area contributed by atoms with Crippen LogP contribution in [0.1, 0.15) is 27.2 Å². The van der Waals surface area contributed by atoms with Crippen LogP contribution >= 0.6 is 11.3 Å². The van der Waals surface area contributed by atoms with Gasteiger partial charge >= 0.3 is 0 Å². The molecule has 1 atom stereocenters. The molecule has 0 unspecified atom stereocenters. The van der Waals surface area contributed by atoms with Crippen molar-refractivity contribution in [2.45, 2.75) is 25.4 Å². The highest BCUT2D eigenvalue weighted by Crippen LogP contribution is 2.19. The standard InChI is InChI=1S/C19H20N2O2S/c20-8-7-15-3-5-16(6-4-15)13-21-9-10-23-14-17(21)12-18(22)19-2-1-11-24-19/h1-6,11,17H,7,9-10,12-14H2/t17-/m0/s1. The van der Waals surface area contributed by atoms with Gasteiger partial charge in [0.1, 0.15) is 0 Å². The number of carbonyl (C=O) groups excluding carboxylic acids is 1. The first-order valence-corrected chi connectivity index (χ1v) is 8.97. The minimum Gasteiger partial charge on any atom is -0.378 e. The van der Waals surface area contributed by atoms with Crippen LogP contribution in [0.4, 0.5) is 0 Å². The van der Waals surface area contributed by atoms with Crippen molar-refractivity contribution in [3.63, 3.8) is 0 Å². The summed E-state index contributed by atoms with van der Waals surface area (Å²) in [6, 6.07) is 14.2. The number of rotatable bonds is 6. The Balaban J connectivity index is 1.63. The summed E-state index contributed by atoms with van der Waals surface area (Å²) in [5.74, 6) is 0.190. The summed E-state index contributed by atoms with van der Waals surface area (Å²) < 4.78 is 5.59. The second kappa shape index (κ2) is 8.20. The molecule has 5 heteroatoms. The Morgan fingerprint density at radius 1 is 1.29 bits per heavy atom. The maximum absolute atomic E-state index is 12.4. The highest BCUT2D eigenvalue weighted by molar-refractivity contribution is 7.12. The molecule has 1 saturated heterocycles. The fourth-order valence-electron chi connectivity index (χ4n) is 2.93. The van der Waals surface area contributed by atoms with E-state index in [1.807, 2.05) is 29.6 Å². The molecule has 0 spiro atoms. The van der Waals surface area contributed by atoms with Crippen molar-refractivity contribution in [1.82, 2.24) is 4.90 Å². The summed E-state index contributed by atoms with van der Waals surface area (Å²) in [5.41, 5.74) is 2.24. The molecule has 1 aromatic heterocycles. The van der Waals surface area contributed by atoms with Crippen molar-refractivity contribution in [2.24, 2.45) is 0 Å². The van der Waals surface area contributed by atoms with E-state index < -0.39 is 0 Å². The third-order valence-electron chi connectivity index (χ3n) is 4.26. The topological polar surface area (TPSA) is 53.3 Å². The Bertz CT molecular complexity index is 704. The monoisotopic (exact) mass is 340 g/mol. The first kappa shape index (κ1) is 16.8. The van der Waals surface area contributed by atoms with Crippen LogP contribution in [0.15, 0.2) is 41.8 Å². The minimum atomic E-state index is 0.118. The van der Waals surface area contributed by atoms with E-state index in [1.54, 1.807) is 0 Å². The van der Waals surface area contributed by atoms with Crippen LogP contribution in [0, 0.1) is 11.3 Å². The molecule has 0 amide bonds. The summed E-state index contributed by atoms with van der Waals surface area (Å²) in [7, 11) is 0.